The van der Waals surface area contributed by atoms with Crippen molar-refractivity contribution < 1.29 is 14.3 Å². The predicted molar refractivity (Wildman–Crippen MR) is 109 cm³/mol. The van der Waals surface area contributed by atoms with Crippen LogP contribution in [0.4, 0.5) is 5.69 Å². The molecule has 2 aromatic rings. The third-order valence-electron chi connectivity index (χ3n) is 4.21. The van der Waals surface area contributed by atoms with E-state index >= 15 is 0 Å². The molecule has 144 valence electrons. The van der Waals surface area contributed by atoms with E-state index in [1.165, 1.54) is 16.7 Å². The molecule has 3 rings (SSSR count). The molecule has 0 aliphatic carbocycles. The van der Waals surface area contributed by atoms with E-state index in [4.69, 9.17) is 21.6 Å². The molecular weight excluding hydrogens is 398 g/mol. The maximum Gasteiger partial charge on any atom is 0.264 e. The van der Waals surface area contributed by atoms with Crippen LogP contribution < -0.4 is 10.1 Å². The molecule has 1 saturated heterocycles. The summed E-state index contributed by atoms with van der Waals surface area (Å²) in [6.07, 6.45) is -0.748. The topological polar surface area (TPSA) is 82.4 Å². The van der Waals surface area contributed by atoms with Gasteiger partial charge >= 0.3 is 0 Å². The molecule has 2 aromatic carbocycles. The molecule has 0 saturated carbocycles. The quantitative estimate of drug-likeness (QED) is 0.807. The number of carbonyl (C=O) groups is 2. The van der Waals surface area contributed by atoms with Crippen molar-refractivity contribution in [3.05, 3.63) is 59.1 Å². The van der Waals surface area contributed by atoms with Crippen LogP contribution in [0.2, 0.25) is 5.02 Å². The number of hydrogen-bond acceptors (Lipinski definition) is 5. The summed E-state index contributed by atoms with van der Waals surface area (Å²) in [4.78, 5) is 27.0. The lowest BCUT2D eigenvalue weighted by Gasteiger charge is -2.26. The summed E-state index contributed by atoms with van der Waals surface area (Å²) in [5, 5.41) is 12.2. The van der Waals surface area contributed by atoms with Gasteiger partial charge in [0, 0.05) is 16.5 Å². The Balaban J connectivity index is 1.64. The summed E-state index contributed by atoms with van der Waals surface area (Å²) in [5.41, 5.74) is 1.09. The number of benzene rings is 2. The van der Waals surface area contributed by atoms with Gasteiger partial charge in [0.05, 0.1) is 17.5 Å². The summed E-state index contributed by atoms with van der Waals surface area (Å²) in [5.74, 6) is 0.910. The zero-order chi connectivity index (χ0) is 20.1. The molecule has 1 aliphatic rings. The Bertz CT molecular complexity index is 914. The van der Waals surface area contributed by atoms with Gasteiger partial charge in [0.25, 0.3) is 5.91 Å². The van der Waals surface area contributed by atoms with E-state index in [0.29, 0.717) is 33.7 Å². The summed E-state index contributed by atoms with van der Waals surface area (Å²) in [6, 6.07) is 14.9. The van der Waals surface area contributed by atoms with Crippen LogP contribution in [-0.2, 0) is 9.59 Å². The second kappa shape index (κ2) is 9.00. The van der Waals surface area contributed by atoms with Crippen LogP contribution >= 0.6 is 23.4 Å². The molecule has 0 aromatic heterocycles. The van der Waals surface area contributed by atoms with Gasteiger partial charge in [-0.2, -0.15) is 5.26 Å². The molecule has 28 heavy (non-hydrogen) atoms. The molecule has 2 amide bonds. The maximum atomic E-state index is 12.8. The number of nitrogens with one attached hydrogen (secondary N) is 1. The molecule has 8 heteroatoms. The first-order chi connectivity index (χ1) is 13.5. The zero-order valence-corrected chi connectivity index (χ0v) is 16.7. The number of halogens is 1. The Morgan fingerprint density at radius 1 is 1.32 bits per heavy atom. The summed E-state index contributed by atoms with van der Waals surface area (Å²) in [7, 11) is 0. The lowest BCUT2D eigenvalue weighted by atomic mass is 10.2. The van der Waals surface area contributed by atoms with Crippen molar-refractivity contribution in [3.63, 3.8) is 0 Å². The summed E-state index contributed by atoms with van der Waals surface area (Å²) < 4.78 is 5.69. The Labute approximate surface area is 172 Å². The number of amides is 2. The second-order valence-corrected chi connectivity index (χ2v) is 7.66. The van der Waals surface area contributed by atoms with Gasteiger partial charge in [0.1, 0.15) is 11.8 Å². The van der Waals surface area contributed by atoms with Crippen LogP contribution in [-0.4, -0.2) is 40.5 Å². The first-order valence-electron chi connectivity index (χ1n) is 8.59. The van der Waals surface area contributed by atoms with Crippen molar-refractivity contribution in [3.8, 4) is 11.8 Å². The van der Waals surface area contributed by atoms with Crippen molar-refractivity contribution in [2.75, 3.05) is 16.9 Å². The van der Waals surface area contributed by atoms with Gasteiger partial charge in [-0.1, -0.05) is 17.7 Å². The number of nitriles is 1. The third kappa shape index (κ3) is 4.77. The van der Waals surface area contributed by atoms with E-state index in [0.717, 1.165) is 0 Å². The van der Waals surface area contributed by atoms with Gasteiger partial charge < -0.3 is 15.0 Å². The van der Waals surface area contributed by atoms with Gasteiger partial charge in [-0.15, -0.1) is 11.8 Å². The first-order valence-corrected chi connectivity index (χ1v) is 10.1. The smallest absolute Gasteiger partial charge is 0.264 e. The monoisotopic (exact) mass is 415 g/mol. The molecule has 1 heterocycles. The molecule has 1 aliphatic heterocycles. The normalized spacial score (nSPS) is 16.9. The lowest BCUT2D eigenvalue weighted by Crippen LogP contribution is -2.48. The van der Waals surface area contributed by atoms with E-state index in [9.17, 15) is 9.59 Å². The largest absolute Gasteiger partial charge is 0.481 e. The van der Waals surface area contributed by atoms with Crippen LogP contribution in [0.15, 0.2) is 48.5 Å². The Hall–Kier alpha value is -2.69. The molecule has 2 unspecified atom stereocenters. The molecule has 1 N–H and O–H groups in total. The minimum absolute atomic E-state index is 0.259. The van der Waals surface area contributed by atoms with E-state index < -0.39 is 12.1 Å². The van der Waals surface area contributed by atoms with Crippen molar-refractivity contribution in [1.29, 1.82) is 5.26 Å². The fourth-order valence-electron chi connectivity index (χ4n) is 2.76. The fourth-order valence-corrected chi connectivity index (χ4v) is 4.10. The van der Waals surface area contributed by atoms with E-state index in [-0.39, 0.29) is 11.8 Å². The molecule has 1 fully saturated rings. The lowest BCUT2D eigenvalue weighted by molar-refractivity contribution is -0.141. The summed E-state index contributed by atoms with van der Waals surface area (Å²) in [6.45, 7) is 1.65. The highest BCUT2D eigenvalue weighted by atomic mass is 35.5. The Morgan fingerprint density at radius 2 is 2.07 bits per heavy atom. The SMILES string of the molecule is CC(Oc1cccc(Cl)c1)C(=O)N1CSCC1C(=O)Nc1ccc(C#N)cc1. The van der Waals surface area contributed by atoms with E-state index in [1.807, 2.05) is 6.07 Å². The highest BCUT2D eigenvalue weighted by Gasteiger charge is 2.37. The number of ether oxygens (including phenoxy) is 1. The van der Waals surface area contributed by atoms with Crippen LogP contribution in [0.25, 0.3) is 0 Å². The molecule has 0 radical (unpaired) electrons. The Kier molecular flexibility index (Phi) is 6.45. The van der Waals surface area contributed by atoms with E-state index in [2.05, 4.69) is 5.32 Å². The molecule has 6 nitrogen and oxygen atoms in total. The van der Waals surface area contributed by atoms with Crippen molar-refractivity contribution in [1.82, 2.24) is 4.90 Å². The van der Waals surface area contributed by atoms with E-state index in [1.54, 1.807) is 55.5 Å². The first kappa shape index (κ1) is 20.1. The van der Waals surface area contributed by atoms with Gasteiger partial charge in [-0.05, 0) is 49.4 Å². The Morgan fingerprint density at radius 3 is 2.75 bits per heavy atom. The maximum absolute atomic E-state index is 12.8. The van der Waals surface area contributed by atoms with Crippen molar-refractivity contribution in [2.24, 2.45) is 0 Å². The zero-order valence-electron chi connectivity index (χ0n) is 15.1. The highest BCUT2D eigenvalue weighted by molar-refractivity contribution is 7.99. The minimum Gasteiger partial charge on any atom is -0.481 e. The second-order valence-electron chi connectivity index (χ2n) is 6.22. The molecular formula is C20H18ClN3O3S. The van der Waals surface area contributed by atoms with Crippen molar-refractivity contribution in [2.45, 2.75) is 19.1 Å². The molecule has 0 spiro atoms. The third-order valence-corrected chi connectivity index (χ3v) is 5.45. The van der Waals surface area contributed by atoms with Crippen molar-refractivity contribution >= 4 is 40.9 Å². The predicted octanol–water partition coefficient (Wildman–Crippen LogP) is 3.52. The average molecular weight is 416 g/mol. The summed E-state index contributed by atoms with van der Waals surface area (Å²) >= 11 is 7.46. The number of rotatable bonds is 5. The van der Waals surface area contributed by atoms with Gasteiger partial charge in [-0.25, -0.2) is 0 Å². The van der Waals surface area contributed by atoms with Crippen LogP contribution in [0.1, 0.15) is 12.5 Å². The minimum atomic E-state index is -0.748. The number of thioether (sulfide) groups is 1. The fraction of sp³-hybridized carbons (Fsp3) is 0.250. The van der Waals surface area contributed by atoms with Gasteiger partial charge in [0.2, 0.25) is 5.91 Å². The van der Waals surface area contributed by atoms with Crippen LogP contribution in [0.3, 0.4) is 0 Å². The average Bonchev–Trinajstić information content (AvgIpc) is 3.18. The van der Waals surface area contributed by atoms with Gasteiger partial charge in [0.15, 0.2) is 6.10 Å². The number of hydrogen-bond donors (Lipinski definition) is 1. The molecule has 0 bridgehead atoms. The standard InChI is InChI=1S/C20H18ClN3O3S/c1-13(27-17-4-2-3-15(21)9-17)20(26)24-12-28-11-18(24)19(25)23-16-7-5-14(10-22)6-8-16/h2-9,13,18H,11-12H2,1H3,(H,23,25). The number of anilines is 1. The van der Waals surface area contributed by atoms with Gasteiger partial charge in [-0.3, -0.25) is 9.59 Å². The number of nitrogens with zero attached hydrogens (tertiary/aromatic N) is 2. The highest BCUT2D eigenvalue weighted by Crippen LogP contribution is 2.25. The number of carbonyl (C=O) groups excluding carboxylic acids is 2. The molecule has 2 atom stereocenters. The van der Waals surface area contributed by atoms with Crippen LogP contribution in [0.5, 0.6) is 5.75 Å². The van der Waals surface area contributed by atoms with Crippen LogP contribution in [0, 0.1) is 11.3 Å².